The molecule has 0 heterocycles. The molecule has 0 fully saturated rings. The van der Waals surface area contributed by atoms with Crippen LogP contribution in [0.5, 0.6) is 0 Å². The number of anilines is 1. The molecule has 6 nitrogen and oxygen atoms in total. The number of nitrogens with one attached hydrogen (secondary N) is 1. The molecule has 0 aliphatic heterocycles. The zero-order valence-corrected chi connectivity index (χ0v) is 11.4. The number of likely N-dealkylation sites (N-methyl/N-ethyl adjacent to an activating group) is 1. The van der Waals surface area contributed by atoms with Crippen molar-refractivity contribution < 1.29 is 9.72 Å². The second kappa shape index (κ2) is 7.15. The Morgan fingerprint density at radius 3 is 2.56 bits per heavy atom. The molecule has 0 saturated heterocycles. The third-order valence-electron chi connectivity index (χ3n) is 1.90. The molecule has 1 aromatic carbocycles. The van der Waals surface area contributed by atoms with Crippen molar-refractivity contribution >= 4 is 41.3 Å². The molecule has 0 spiro atoms. The first-order chi connectivity index (χ1) is 7.90. The van der Waals surface area contributed by atoms with Crippen LogP contribution in [0.4, 0.5) is 11.4 Å². The molecular weight excluding hydrogens is 281 g/mol. The van der Waals surface area contributed by atoms with E-state index in [-0.39, 0.29) is 35.6 Å². The van der Waals surface area contributed by atoms with E-state index in [4.69, 9.17) is 11.6 Å². The average molecular weight is 294 g/mol. The van der Waals surface area contributed by atoms with Gasteiger partial charge in [0.2, 0.25) is 5.91 Å². The van der Waals surface area contributed by atoms with Crippen LogP contribution >= 0.6 is 24.0 Å². The molecule has 1 N–H and O–H groups in total. The topological polar surface area (TPSA) is 75.5 Å². The summed E-state index contributed by atoms with van der Waals surface area (Å²) in [4.78, 5) is 23.1. The number of nitrogens with zero attached hydrogens (tertiary/aromatic N) is 2. The van der Waals surface area contributed by atoms with Gasteiger partial charge in [-0.1, -0.05) is 11.6 Å². The van der Waals surface area contributed by atoms with Gasteiger partial charge in [0.1, 0.15) is 0 Å². The molecule has 8 heteroatoms. The first kappa shape index (κ1) is 16.6. The minimum absolute atomic E-state index is 0. The van der Waals surface area contributed by atoms with E-state index in [9.17, 15) is 14.9 Å². The number of non-ortho nitro benzene ring substituents is 1. The fourth-order valence-corrected chi connectivity index (χ4v) is 1.42. The van der Waals surface area contributed by atoms with Crippen LogP contribution in [-0.4, -0.2) is 36.4 Å². The van der Waals surface area contributed by atoms with Crippen LogP contribution in [0.2, 0.25) is 5.02 Å². The van der Waals surface area contributed by atoms with Crippen LogP contribution in [0.15, 0.2) is 18.2 Å². The summed E-state index contributed by atoms with van der Waals surface area (Å²) in [5.74, 6) is -0.231. The maximum atomic E-state index is 11.4. The number of hydrogen-bond acceptors (Lipinski definition) is 4. The van der Waals surface area contributed by atoms with Crippen LogP contribution in [0.25, 0.3) is 0 Å². The lowest BCUT2D eigenvalue weighted by Gasteiger charge is -2.10. The van der Waals surface area contributed by atoms with Gasteiger partial charge in [0.15, 0.2) is 0 Å². The van der Waals surface area contributed by atoms with E-state index in [2.05, 4.69) is 5.32 Å². The number of benzene rings is 1. The molecule has 0 atom stereocenters. The van der Waals surface area contributed by atoms with Crippen molar-refractivity contribution in [3.05, 3.63) is 33.3 Å². The highest BCUT2D eigenvalue weighted by molar-refractivity contribution is 6.34. The van der Waals surface area contributed by atoms with Crippen molar-refractivity contribution in [3.8, 4) is 0 Å². The van der Waals surface area contributed by atoms with Crippen molar-refractivity contribution in [2.75, 3.05) is 26.0 Å². The van der Waals surface area contributed by atoms with Gasteiger partial charge in [0.05, 0.1) is 22.2 Å². The van der Waals surface area contributed by atoms with Crippen molar-refractivity contribution in [1.82, 2.24) is 4.90 Å². The van der Waals surface area contributed by atoms with E-state index in [1.165, 1.54) is 18.2 Å². The summed E-state index contributed by atoms with van der Waals surface area (Å²) in [5, 5.41) is 13.2. The zero-order chi connectivity index (χ0) is 13.0. The number of nitro groups is 1. The van der Waals surface area contributed by atoms with Gasteiger partial charge in [-0.2, -0.15) is 0 Å². The highest BCUT2D eigenvalue weighted by atomic mass is 35.5. The molecule has 0 aliphatic carbocycles. The summed E-state index contributed by atoms with van der Waals surface area (Å²) < 4.78 is 0. The molecule has 0 bridgehead atoms. The lowest BCUT2D eigenvalue weighted by molar-refractivity contribution is -0.384. The summed E-state index contributed by atoms with van der Waals surface area (Å²) in [7, 11) is 3.52. The number of carbonyl (C=O) groups is 1. The first-order valence-electron chi connectivity index (χ1n) is 4.78. The van der Waals surface area contributed by atoms with E-state index < -0.39 is 4.92 Å². The average Bonchev–Trinajstić information content (AvgIpc) is 2.19. The predicted molar refractivity (Wildman–Crippen MR) is 72.5 cm³/mol. The molecule has 1 rings (SSSR count). The highest BCUT2D eigenvalue weighted by Gasteiger charge is 2.11. The van der Waals surface area contributed by atoms with Gasteiger partial charge < -0.3 is 10.2 Å². The lowest BCUT2D eigenvalue weighted by atomic mass is 10.3. The molecular formula is C10H13Cl2N3O3. The monoisotopic (exact) mass is 293 g/mol. The predicted octanol–water partition coefficient (Wildman–Crippen LogP) is 2.17. The molecule has 1 aromatic rings. The van der Waals surface area contributed by atoms with E-state index in [0.29, 0.717) is 5.69 Å². The van der Waals surface area contributed by atoms with Crippen molar-refractivity contribution in [3.63, 3.8) is 0 Å². The van der Waals surface area contributed by atoms with Crippen LogP contribution in [0, 0.1) is 10.1 Å². The van der Waals surface area contributed by atoms with Crippen LogP contribution in [-0.2, 0) is 4.79 Å². The Labute approximate surface area is 115 Å². The van der Waals surface area contributed by atoms with Gasteiger partial charge in [-0.05, 0) is 20.2 Å². The van der Waals surface area contributed by atoms with Gasteiger partial charge in [-0.25, -0.2) is 0 Å². The largest absolute Gasteiger partial charge is 0.324 e. The van der Waals surface area contributed by atoms with Crippen molar-refractivity contribution in [2.24, 2.45) is 0 Å². The molecule has 0 aromatic heterocycles. The number of rotatable bonds is 4. The standard InChI is InChI=1S/C10H12ClN3O3.ClH/c1-13(2)6-10(15)12-9-4-3-7(14(16)17)5-8(9)11;/h3-5H,6H2,1-2H3,(H,12,15);1H. The van der Waals surface area contributed by atoms with Gasteiger partial charge in [-0.3, -0.25) is 14.9 Å². The quantitative estimate of drug-likeness (QED) is 0.682. The smallest absolute Gasteiger partial charge is 0.271 e. The fraction of sp³-hybridized carbons (Fsp3) is 0.300. The number of halogens is 2. The normalized spacial score (nSPS) is 9.78. The second-order valence-electron chi connectivity index (χ2n) is 3.71. The summed E-state index contributed by atoms with van der Waals surface area (Å²) in [6, 6.07) is 3.90. The van der Waals surface area contributed by atoms with Crippen molar-refractivity contribution in [2.45, 2.75) is 0 Å². The van der Waals surface area contributed by atoms with Crippen LogP contribution in [0.3, 0.4) is 0 Å². The summed E-state index contributed by atoms with van der Waals surface area (Å²) >= 11 is 5.82. The van der Waals surface area contributed by atoms with E-state index >= 15 is 0 Å². The third-order valence-corrected chi connectivity index (χ3v) is 2.21. The van der Waals surface area contributed by atoms with Crippen molar-refractivity contribution in [1.29, 1.82) is 0 Å². The van der Waals surface area contributed by atoms with E-state index in [1.54, 1.807) is 19.0 Å². The minimum atomic E-state index is -0.544. The Kier molecular flexibility index (Phi) is 6.61. The van der Waals surface area contributed by atoms with Gasteiger partial charge in [0.25, 0.3) is 5.69 Å². The zero-order valence-electron chi connectivity index (χ0n) is 9.84. The van der Waals surface area contributed by atoms with Gasteiger partial charge >= 0.3 is 0 Å². The Bertz CT molecular complexity index is 452. The second-order valence-corrected chi connectivity index (χ2v) is 4.11. The Hall–Kier alpha value is -1.37. The number of carbonyl (C=O) groups excluding carboxylic acids is 1. The molecule has 0 unspecified atom stereocenters. The van der Waals surface area contributed by atoms with Gasteiger partial charge in [0, 0.05) is 12.1 Å². The van der Waals surface area contributed by atoms with Crippen LogP contribution in [0.1, 0.15) is 0 Å². The summed E-state index contributed by atoms with van der Waals surface area (Å²) in [5.41, 5.74) is 0.254. The Balaban J connectivity index is 0.00000289. The third kappa shape index (κ3) is 4.87. The van der Waals surface area contributed by atoms with E-state index in [1.807, 2.05) is 0 Å². The molecule has 0 saturated carbocycles. The first-order valence-corrected chi connectivity index (χ1v) is 5.16. The maximum Gasteiger partial charge on any atom is 0.271 e. The fourth-order valence-electron chi connectivity index (χ4n) is 1.20. The number of nitro benzene ring substituents is 1. The van der Waals surface area contributed by atoms with E-state index in [0.717, 1.165) is 0 Å². The number of amides is 1. The molecule has 18 heavy (non-hydrogen) atoms. The molecule has 1 amide bonds. The highest BCUT2D eigenvalue weighted by Crippen LogP contribution is 2.26. The summed E-state index contributed by atoms with van der Waals surface area (Å²) in [6.07, 6.45) is 0. The summed E-state index contributed by atoms with van der Waals surface area (Å²) in [6.45, 7) is 0.216. The van der Waals surface area contributed by atoms with Crippen LogP contribution < -0.4 is 5.32 Å². The maximum absolute atomic E-state index is 11.4. The van der Waals surface area contributed by atoms with Gasteiger partial charge in [-0.15, -0.1) is 12.4 Å². The Morgan fingerprint density at radius 1 is 1.50 bits per heavy atom. The molecule has 100 valence electrons. The minimum Gasteiger partial charge on any atom is -0.324 e. The molecule has 0 radical (unpaired) electrons. The number of hydrogen-bond donors (Lipinski definition) is 1. The molecule has 0 aliphatic rings. The SMILES string of the molecule is CN(C)CC(=O)Nc1ccc([N+](=O)[O-])cc1Cl.Cl. The Morgan fingerprint density at radius 2 is 2.11 bits per heavy atom. The lowest BCUT2D eigenvalue weighted by Crippen LogP contribution is -2.27.